The summed E-state index contributed by atoms with van der Waals surface area (Å²) in [6.07, 6.45) is 0. The molecular formula is C9H7N3O5S. The van der Waals surface area contributed by atoms with Gasteiger partial charge in [0.2, 0.25) is 0 Å². The van der Waals surface area contributed by atoms with E-state index in [1.165, 1.54) is 12.3 Å². The van der Waals surface area contributed by atoms with Gasteiger partial charge in [0.05, 0.1) is 10.3 Å². The van der Waals surface area contributed by atoms with Gasteiger partial charge < -0.3 is 5.11 Å². The second-order valence-corrected chi connectivity index (χ2v) is 4.38. The summed E-state index contributed by atoms with van der Waals surface area (Å²) in [6, 6.07) is 0. The number of nitro groups is 1. The number of aromatic nitrogens is 2. The van der Waals surface area contributed by atoms with Crippen LogP contribution in [0, 0.1) is 17.0 Å². The first-order chi connectivity index (χ1) is 8.41. The van der Waals surface area contributed by atoms with Crippen molar-refractivity contribution < 1.29 is 14.8 Å². The number of hydrogen-bond donors (Lipinski definition) is 1. The zero-order valence-corrected chi connectivity index (χ0v) is 9.93. The molecule has 0 aliphatic rings. The Kier molecular flexibility index (Phi) is 2.83. The molecule has 94 valence electrons. The molecule has 0 aromatic carbocycles. The third-order valence-corrected chi connectivity index (χ3v) is 3.28. The lowest BCUT2D eigenvalue weighted by molar-refractivity contribution is -0.382. The molecule has 0 fully saturated rings. The number of carboxylic acid groups (broad SMARTS) is 1. The van der Waals surface area contributed by atoms with E-state index in [2.05, 4.69) is 4.98 Å². The maximum atomic E-state index is 12.0. The number of aryl methyl sites for hydroxylation is 1. The van der Waals surface area contributed by atoms with Crippen LogP contribution in [0.15, 0.2) is 10.2 Å². The van der Waals surface area contributed by atoms with Gasteiger partial charge >= 0.3 is 11.7 Å². The maximum absolute atomic E-state index is 12.0. The fourth-order valence-corrected chi connectivity index (χ4v) is 2.45. The highest BCUT2D eigenvalue weighted by Gasteiger charge is 2.21. The van der Waals surface area contributed by atoms with Crippen LogP contribution in [0.4, 0.5) is 5.69 Å². The topological polar surface area (TPSA) is 115 Å². The van der Waals surface area contributed by atoms with Crippen LogP contribution in [0.25, 0.3) is 10.2 Å². The Morgan fingerprint density at radius 2 is 2.33 bits per heavy atom. The first-order valence-electron chi connectivity index (χ1n) is 4.76. The number of rotatable bonds is 3. The lowest BCUT2D eigenvalue weighted by atomic mass is 10.4. The SMILES string of the molecule is Cc1nc2c([N+](=O)[O-])csc2c(=O)n1CC(=O)O. The number of carbonyl (C=O) groups is 1. The van der Waals surface area contributed by atoms with E-state index in [1.54, 1.807) is 0 Å². The first kappa shape index (κ1) is 12.2. The van der Waals surface area contributed by atoms with E-state index in [0.29, 0.717) is 0 Å². The molecule has 0 aliphatic heterocycles. The van der Waals surface area contributed by atoms with E-state index in [9.17, 15) is 19.7 Å². The third-order valence-electron chi connectivity index (χ3n) is 2.34. The largest absolute Gasteiger partial charge is 0.480 e. The van der Waals surface area contributed by atoms with Crippen LogP contribution in [-0.4, -0.2) is 25.6 Å². The molecular weight excluding hydrogens is 262 g/mol. The lowest BCUT2D eigenvalue weighted by Gasteiger charge is -2.05. The quantitative estimate of drug-likeness (QED) is 0.649. The summed E-state index contributed by atoms with van der Waals surface area (Å²) in [5.41, 5.74) is -0.801. The smallest absolute Gasteiger partial charge is 0.323 e. The predicted octanol–water partition coefficient (Wildman–Crippen LogP) is 0.759. The highest BCUT2D eigenvalue weighted by molar-refractivity contribution is 7.17. The van der Waals surface area contributed by atoms with E-state index >= 15 is 0 Å². The Labute approximate surface area is 103 Å². The summed E-state index contributed by atoms with van der Waals surface area (Å²) in [6.45, 7) is 0.921. The van der Waals surface area contributed by atoms with Crippen molar-refractivity contribution in [3.8, 4) is 0 Å². The summed E-state index contributed by atoms with van der Waals surface area (Å²) in [5.74, 6) is -1.04. The average Bonchev–Trinajstić information content (AvgIpc) is 2.67. The average molecular weight is 269 g/mol. The molecule has 0 radical (unpaired) electrons. The molecule has 0 amide bonds. The predicted molar refractivity (Wildman–Crippen MR) is 62.9 cm³/mol. The van der Waals surface area contributed by atoms with E-state index < -0.39 is 23.0 Å². The number of nitrogens with zero attached hydrogens (tertiary/aromatic N) is 3. The van der Waals surface area contributed by atoms with Gasteiger partial charge in [-0.3, -0.25) is 24.3 Å². The van der Waals surface area contributed by atoms with Gasteiger partial charge in [-0.2, -0.15) is 0 Å². The molecule has 9 heteroatoms. The standard InChI is InChI=1S/C9H7N3O5S/c1-4-10-7-5(12(16)17)3-18-8(7)9(15)11(4)2-6(13)14/h3H,2H2,1H3,(H,13,14). The fourth-order valence-electron chi connectivity index (χ4n) is 1.55. The number of thiophene rings is 1. The Morgan fingerprint density at radius 3 is 2.89 bits per heavy atom. The minimum Gasteiger partial charge on any atom is -0.480 e. The van der Waals surface area contributed by atoms with E-state index in [4.69, 9.17) is 5.11 Å². The minimum absolute atomic E-state index is 0.00846. The second-order valence-electron chi connectivity index (χ2n) is 3.50. The summed E-state index contributed by atoms with van der Waals surface area (Å²) in [7, 11) is 0. The Morgan fingerprint density at radius 1 is 1.67 bits per heavy atom. The van der Waals surface area contributed by atoms with Gasteiger partial charge in [-0.25, -0.2) is 4.98 Å². The molecule has 18 heavy (non-hydrogen) atoms. The van der Waals surface area contributed by atoms with Crippen molar-refractivity contribution in [2.24, 2.45) is 0 Å². The molecule has 2 rings (SSSR count). The van der Waals surface area contributed by atoms with Crippen molar-refractivity contribution in [2.45, 2.75) is 13.5 Å². The van der Waals surface area contributed by atoms with Crippen LogP contribution < -0.4 is 5.56 Å². The van der Waals surface area contributed by atoms with Crippen molar-refractivity contribution in [1.29, 1.82) is 0 Å². The van der Waals surface area contributed by atoms with Crippen molar-refractivity contribution in [3.63, 3.8) is 0 Å². The first-order valence-corrected chi connectivity index (χ1v) is 5.64. The molecule has 0 spiro atoms. The summed E-state index contributed by atoms with van der Waals surface area (Å²) in [5, 5.41) is 20.6. The van der Waals surface area contributed by atoms with Crippen molar-refractivity contribution in [3.05, 3.63) is 31.7 Å². The molecule has 2 aromatic rings. The summed E-state index contributed by atoms with van der Waals surface area (Å²) < 4.78 is 1.07. The highest BCUT2D eigenvalue weighted by Crippen LogP contribution is 2.27. The molecule has 0 saturated heterocycles. The molecule has 0 atom stereocenters. The van der Waals surface area contributed by atoms with Gasteiger partial charge in [0.15, 0.2) is 5.52 Å². The highest BCUT2D eigenvalue weighted by atomic mass is 32.1. The number of hydrogen-bond acceptors (Lipinski definition) is 6. The van der Waals surface area contributed by atoms with E-state index in [-0.39, 0.29) is 21.7 Å². The Hall–Kier alpha value is -2.29. The number of fused-ring (bicyclic) bond motifs is 1. The summed E-state index contributed by atoms with van der Waals surface area (Å²) >= 11 is 0.888. The van der Waals surface area contributed by atoms with E-state index in [1.807, 2.05) is 0 Å². The molecule has 0 bridgehead atoms. The Balaban J connectivity index is 2.77. The van der Waals surface area contributed by atoms with Gasteiger partial charge in [0, 0.05) is 0 Å². The van der Waals surface area contributed by atoms with Crippen LogP contribution >= 0.6 is 11.3 Å². The van der Waals surface area contributed by atoms with Crippen LogP contribution in [-0.2, 0) is 11.3 Å². The maximum Gasteiger partial charge on any atom is 0.323 e. The second kappa shape index (κ2) is 4.18. The minimum atomic E-state index is -1.17. The molecule has 8 nitrogen and oxygen atoms in total. The van der Waals surface area contributed by atoms with Crippen LogP contribution in [0.3, 0.4) is 0 Å². The third kappa shape index (κ3) is 1.84. The van der Waals surface area contributed by atoms with Gasteiger partial charge in [-0.15, -0.1) is 11.3 Å². The monoisotopic (exact) mass is 269 g/mol. The lowest BCUT2D eigenvalue weighted by Crippen LogP contribution is -2.26. The van der Waals surface area contributed by atoms with Gasteiger partial charge in [-0.05, 0) is 6.92 Å². The number of aliphatic carboxylic acids is 1. The molecule has 0 saturated carbocycles. The Bertz CT molecular complexity index is 717. The van der Waals surface area contributed by atoms with Crippen LogP contribution in [0.5, 0.6) is 0 Å². The summed E-state index contributed by atoms with van der Waals surface area (Å²) in [4.78, 5) is 36.6. The van der Waals surface area contributed by atoms with Crippen LogP contribution in [0.1, 0.15) is 5.82 Å². The van der Waals surface area contributed by atoms with Gasteiger partial charge in [0.1, 0.15) is 17.1 Å². The van der Waals surface area contributed by atoms with Crippen LogP contribution in [0.2, 0.25) is 0 Å². The van der Waals surface area contributed by atoms with Gasteiger partial charge in [-0.1, -0.05) is 0 Å². The van der Waals surface area contributed by atoms with Crippen molar-refractivity contribution >= 4 is 33.2 Å². The number of carboxylic acids is 1. The molecule has 2 heterocycles. The zero-order valence-electron chi connectivity index (χ0n) is 9.11. The molecule has 0 unspecified atom stereocenters. The normalized spacial score (nSPS) is 10.7. The molecule has 2 aromatic heterocycles. The van der Waals surface area contributed by atoms with E-state index in [0.717, 1.165) is 15.9 Å². The molecule has 1 N–H and O–H groups in total. The van der Waals surface area contributed by atoms with Crippen molar-refractivity contribution in [2.75, 3.05) is 0 Å². The van der Waals surface area contributed by atoms with Crippen molar-refractivity contribution in [1.82, 2.24) is 9.55 Å². The fraction of sp³-hybridized carbons (Fsp3) is 0.222. The molecule has 0 aliphatic carbocycles. The van der Waals surface area contributed by atoms with Gasteiger partial charge in [0.25, 0.3) is 5.56 Å². The zero-order chi connectivity index (χ0) is 13.4.